The molecule has 0 bridgehead atoms. The zero-order chi connectivity index (χ0) is 10.2. The van der Waals surface area contributed by atoms with Gasteiger partial charge in [0, 0.05) is 24.4 Å². The molecular weight excluding hydrogens is 178 g/mol. The molecule has 0 saturated carbocycles. The van der Waals surface area contributed by atoms with Crippen molar-refractivity contribution in [2.75, 3.05) is 40.0 Å². The van der Waals surface area contributed by atoms with E-state index in [1.165, 1.54) is 6.54 Å². The average Bonchev–Trinajstić information content (AvgIpc) is 2.56. The molecule has 3 nitrogen and oxygen atoms in total. The molecule has 2 unspecified atom stereocenters. The maximum absolute atomic E-state index is 5.77. The lowest BCUT2D eigenvalue weighted by molar-refractivity contribution is -0.00251. The van der Waals surface area contributed by atoms with Gasteiger partial charge in [0.05, 0.1) is 25.9 Å². The third kappa shape index (κ3) is 1.81. The minimum atomic E-state index is 0.291. The van der Waals surface area contributed by atoms with Crippen LogP contribution in [-0.2, 0) is 9.47 Å². The first-order valence-corrected chi connectivity index (χ1v) is 5.50. The summed E-state index contributed by atoms with van der Waals surface area (Å²) in [4.78, 5) is 2.40. The van der Waals surface area contributed by atoms with Crippen molar-refractivity contribution in [1.29, 1.82) is 0 Å². The summed E-state index contributed by atoms with van der Waals surface area (Å²) in [5.41, 5.74) is 0.291. The van der Waals surface area contributed by atoms with Crippen LogP contribution in [0.2, 0.25) is 0 Å². The zero-order valence-corrected chi connectivity index (χ0v) is 9.45. The summed E-state index contributed by atoms with van der Waals surface area (Å²) in [5, 5.41) is 0. The molecule has 2 heterocycles. The smallest absolute Gasteiger partial charge is 0.0564 e. The number of likely N-dealkylation sites (tertiary alicyclic amines) is 1. The maximum Gasteiger partial charge on any atom is 0.0564 e. The molecule has 0 spiro atoms. The Morgan fingerprint density at radius 1 is 1.57 bits per heavy atom. The molecule has 0 aromatic carbocycles. The Kier molecular flexibility index (Phi) is 2.82. The van der Waals surface area contributed by atoms with Crippen LogP contribution in [0, 0.1) is 11.3 Å². The van der Waals surface area contributed by atoms with Gasteiger partial charge in [-0.25, -0.2) is 0 Å². The van der Waals surface area contributed by atoms with Gasteiger partial charge in [-0.2, -0.15) is 0 Å². The summed E-state index contributed by atoms with van der Waals surface area (Å²) in [5.74, 6) is 0.686. The predicted octanol–water partition coefficient (Wildman–Crippen LogP) is 0.990. The van der Waals surface area contributed by atoms with Crippen molar-refractivity contribution in [1.82, 2.24) is 4.90 Å². The van der Waals surface area contributed by atoms with Gasteiger partial charge < -0.3 is 14.4 Å². The monoisotopic (exact) mass is 199 g/mol. The topological polar surface area (TPSA) is 21.7 Å². The molecule has 2 atom stereocenters. The van der Waals surface area contributed by atoms with E-state index >= 15 is 0 Å². The van der Waals surface area contributed by atoms with Crippen molar-refractivity contribution in [3.05, 3.63) is 0 Å². The van der Waals surface area contributed by atoms with Crippen LogP contribution in [0.3, 0.4) is 0 Å². The SMILES string of the molecule is CC(C)OCC12COCC1CN(C)C2. The molecule has 2 aliphatic rings. The molecule has 2 saturated heterocycles. The Hall–Kier alpha value is -0.120. The third-order valence-electron chi connectivity index (χ3n) is 3.40. The molecule has 2 fully saturated rings. The lowest BCUT2D eigenvalue weighted by Crippen LogP contribution is -2.36. The average molecular weight is 199 g/mol. The number of hydrogen-bond acceptors (Lipinski definition) is 3. The normalized spacial score (nSPS) is 38.1. The second kappa shape index (κ2) is 3.80. The van der Waals surface area contributed by atoms with Crippen LogP contribution in [0.1, 0.15) is 13.8 Å². The molecule has 14 heavy (non-hydrogen) atoms. The van der Waals surface area contributed by atoms with E-state index in [1.54, 1.807) is 0 Å². The Labute approximate surface area is 86.4 Å². The molecule has 0 aromatic heterocycles. The van der Waals surface area contributed by atoms with E-state index in [0.717, 1.165) is 26.4 Å². The van der Waals surface area contributed by atoms with Gasteiger partial charge in [-0.15, -0.1) is 0 Å². The molecule has 0 aromatic rings. The van der Waals surface area contributed by atoms with Crippen molar-refractivity contribution in [2.45, 2.75) is 20.0 Å². The van der Waals surface area contributed by atoms with Crippen LogP contribution in [0.4, 0.5) is 0 Å². The van der Waals surface area contributed by atoms with Gasteiger partial charge in [-0.3, -0.25) is 0 Å². The standard InChI is InChI=1S/C11H21NO2/c1-9(2)14-8-11-6-12(3)4-10(11)5-13-7-11/h9-10H,4-8H2,1-3H3. The number of hydrogen-bond donors (Lipinski definition) is 0. The summed E-state index contributed by atoms with van der Waals surface area (Å²) in [6.45, 7) is 9.16. The summed E-state index contributed by atoms with van der Waals surface area (Å²) in [7, 11) is 2.19. The summed E-state index contributed by atoms with van der Waals surface area (Å²) < 4.78 is 11.4. The minimum Gasteiger partial charge on any atom is -0.380 e. The van der Waals surface area contributed by atoms with Crippen molar-refractivity contribution >= 4 is 0 Å². The fourth-order valence-electron chi connectivity index (χ4n) is 2.64. The highest BCUT2D eigenvalue weighted by atomic mass is 16.5. The Morgan fingerprint density at radius 2 is 2.36 bits per heavy atom. The highest BCUT2D eigenvalue weighted by Crippen LogP contribution is 2.40. The van der Waals surface area contributed by atoms with Crippen LogP contribution in [-0.4, -0.2) is 51.0 Å². The second-order valence-corrected chi connectivity index (χ2v) is 5.13. The van der Waals surface area contributed by atoms with E-state index in [2.05, 4.69) is 25.8 Å². The van der Waals surface area contributed by atoms with Gasteiger partial charge in [-0.1, -0.05) is 0 Å². The fourth-order valence-corrected chi connectivity index (χ4v) is 2.64. The molecular formula is C11H21NO2. The van der Waals surface area contributed by atoms with E-state index in [9.17, 15) is 0 Å². The largest absolute Gasteiger partial charge is 0.380 e. The van der Waals surface area contributed by atoms with Gasteiger partial charge in [0.15, 0.2) is 0 Å². The summed E-state index contributed by atoms with van der Waals surface area (Å²) in [6, 6.07) is 0. The van der Waals surface area contributed by atoms with Gasteiger partial charge in [0.1, 0.15) is 0 Å². The van der Waals surface area contributed by atoms with Crippen LogP contribution < -0.4 is 0 Å². The Bertz CT molecular complexity index is 207. The third-order valence-corrected chi connectivity index (χ3v) is 3.40. The van der Waals surface area contributed by atoms with Crippen LogP contribution in [0.25, 0.3) is 0 Å². The van der Waals surface area contributed by atoms with Gasteiger partial charge >= 0.3 is 0 Å². The minimum absolute atomic E-state index is 0.291. The van der Waals surface area contributed by atoms with Crippen molar-refractivity contribution < 1.29 is 9.47 Å². The first-order chi connectivity index (χ1) is 6.62. The molecule has 82 valence electrons. The molecule has 0 amide bonds. The van der Waals surface area contributed by atoms with Crippen LogP contribution in [0.5, 0.6) is 0 Å². The second-order valence-electron chi connectivity index (χ2n) is 5.13. The Morgan fingerprint density at radius 3 is 3.07 bits per heavy atom. The number of fused-ring (bicyclic) bond motifs is 1. The van der Waals surface area contributed by atoms with Gasteiger partial charge in [-0.05, 0) is 20.9 Å². The van der Waals surface area contributed by atoms with E-state index < -0.39 is 0 Å². The highest BCUT2D eigenvalue weighted by molar-refractivity contribution is 4.99. The van der Waals surface area contributed by atoms with Gasteiger partial charge in [0.25, 0.3) is 0 Å². The number of ether oxygens (including phenoxy) is 2. The Balaban J connectivity index is 1.98. The summed E-state index contributed by atoms with van der Waals surface area (Å²) in [6.07, 6.45) is 0.330. The quantitative estimate of drug-likeness (QED) is 0.676. The van der Waals surface area contributed by atoms with E-state index in [1.807, 2.05) is 0 Å². The molecule has 0 N–H and O–H groups in total. The van der Waals surface area contributed by atoms with E-state index in [-0.39, 0.29) is 0 Å². The first-order valence-electron chi connectivity index (χ1n) is 5.50. The molecule has 3 heteroatoms. The number of rotatable bonds is 3. The van der Waals surface area contributed by atoms with E-state index in [0.29, 0.717) is 17.4 Å². The first kappa shape index (κ1) is 10.4. The van der Waals surface area contributed by atoms with E-state index in [4.69, 9.17) is 9.47 Å². The predicted molar refractivity (Wildman–Crippen MR) is 55.3 cm³/mol. The van der Waals surface area contributed by atoms with Crippen molar-refractivity contribution in [3.8, 4) is 0 Å². The molecule has 0 radical (unpaired) electrons. The van der Waals surface area contributed by atoms with Gasteiger partial charge in [0.2, 0.25) is 0 Å². The van der Waals surface area contributed by atoms with Crippen molar-refractivity contribution in [2.24, 2.45) is 11.3 Å². The van der Waals surface area contributed by atoms with Crippen LogP contribution in [0.15, 0.2) is 0 Å². The fraction of sp³-hybridized carbons (Fsp3) is 1.00. The lowest BCUT2D eigenvalue weighted by atomic mass is 9.82. The maximum atomic E-state index is 5.77. The van der Waals surface area contributed by atoms with Crippen LogP contribution >= 0.6 is 0 Å². The lowest BCUT2D eigenvalue weighted by Gasteiger charge is -2.27. The molecule has 0 aliphatic carbocycles. The zero-order valence-electron chi connectivity index (χ0n) is 9.45. The summed E-state index contributed by atoms with van der Waals surface area (Å²) >= 11 is 0. The molecule has 2 rings (SSSR count). The van der Waals surface area contributed by atoms with Crippen molar-refractivity contribution in [3.63, 3.8) is 0 Å². The highest BCUT2D eigenvalue weighted by Gasteiger charge is 2.49. The molecule has 2 aliphatic heterocycles. The number of nitrogens with zero attached hydrogens (tertiary/aromatic N) is 1.